The number of hydrogen-bond acceptors (Lipinski definition) is 2. The van der Waals surface area contributed by atoms with E-state index in [1.54, 1.807) is 0 Å². The number of pyridine rings is 1. The monoisotopic (exact) mass is 214 g/mol. The van der Waals surface area contributed by atoms with Gasteiger partial charge >= 0.3 is 0 Å². The molecule has 0 saturated carbocycles. The molecular weight excluding hydrogens is 196 g/mol. The van der Waals surface area contributed by atoms with Crippen molar-refractivity contribution >= 4 is 10.8 Å². The van der Waals surface area contributed by atoms with Gasteiger partial charge in [0, 0.05) is 17.6 Å². The Bertz CT molecular complexity index is 477. The lowest BCUT2D eigenvalue weighted by Crippen LogP contribution is -2.03. The molecule has 0 unspecified atom stereocenters. The fourth-order valence-corrected chi connectivity index (χ4v) is 1.97. The van der Waals surface area contributed by atoms with E-state index in [-0.39, 0.29) is 0 Å². The zero-order chi connectivity index (χ0) is 11.4. The number of unbranched alkanes of at least 4 members (excludes halogenated alkanes) is 1. The number of nitrogens with zero attached hydrogens (tertiary/aromatic N) is 1. The molecule has 16 heavy (non-hydrogen) atoms. The normalized spacial score (nSPS) is 10.9. The Morgan fingerprint density at radius 1 is 1.25 bits per heavy atom. The predicted octanol–water partition coefficient (Wildman–Crippen LogP) is 3.04. The molecule has 0 aliphatic heterocycles. The van der Waals surface area contributed by atoms with Crippen molar-refractivity contribution in [2.75, 3.05) is 0 Å². The van der Waals surface area contributed by atoms with Crippen LogP contribution in [0.5, 0.6) is 0 Å². The van der Waals surface area contributed by atoms with Gasteiger partial charge in [0.25, 0.3) is 0 Å². The van der Waals surface area contributed by atoms with Crippen molar-refractivity contribution in [2.45, 2.75) is 32.7 Å². The van der Waals surface area contributed by atoms with E-state index in [2.05, 4.69) is 42.2 Å². The molecule has 0 aliphatic rings. The predicted molar refractivity (Wildman–Crippen MR) is 68.2 cm³/mol. The van der Waals surface area contributed by atoms with Gasteiger partial charge in [-0.15, -0.1) is 0 Å². The third kappa shape index (κ3) is 2.22. The number of hydrogen-bond donors (Lipinski definition) is 1. The summed E-state index contributed by atoms with van der Waals surface area (Å²) >= 11 is 0. The number of aromatic nitrogens is 1. The molecule has 0 amide bonds. The molecule has 0 atom stereocenters. The topological polar surface area (TPSA) is 38.9 Å². The molecule has 84 valence electrons. The quantitative estimate of drug-likeness (QED) is 0.849. The lowest BCUT2D eigenvalue weighted by Gasteiger charge is -2.07. The number of benzene rings is 1. The summed E-state index contributed by atoms with van der Waals surface area (Å²) in [6, 6.07) is 10.5. The SMILES string of the molecule is CCCCc1nc(CN)cc2ccccc12. The van der Waals surface area contributed by atoms with Crippen molar-refractivity contribution in [2.24, 2.45) is 5.73 Å². The molecule has 2 N–H and O–H groups in total. The highest BCUT2D eigenvalue weighted by Gasteiger charge is 2.04. The average Bonchev–Trinajstić information content (AvgIpc) is 2.35. The van der Waals surface area contributed by atoms with Gasteiger partial charge in [-0.25, -0.2) is 0 Å². The van der Waals surface area contributed by atoms with E-state index in [1.807, 2.05) is 0 Å². The maximum atomic E-state index is 5.68. The van der Waals surface area contributed by atoms with E-state index in [0.717, 1.165) is 12.1 Å². The van der Waals surface area contributed by atoms with Crippen LogP contribution in [0.25, 0.3) is 10.8 Å². The standard InChI is InChI=1S/C14H18N2/c1-2-3-8-14-13-7-5-4-6-11(13)9-12(10-15)16-14/h4-7,9H,2-3,8,10,15H2,1H3. The van der Waals surface area contributed by atoms with Gasteiger partial charge in [-0.1, -0.05) is 37.6 Å². The highest BCUT2D eigenvalue weighted by molar-refractivity contribution is 5.84. The first kappa shape index (κ1) is 11.1. The molecule has 0 saturated heterocycles. The van der Waals surface area contributed by atoms with Crippen molar-refractivity contribution in [3.8, 4) is 0 Å². The van der Waals surface area contributed by atoms with Gasteiger partial charge in [0.2, 0.25) is 0 Å². The van der Waals surface area contributed by atoms with Crippen LogP contribution in [0.4, 0.5) is 0 Å². The maximum Gasteiger partial charge on any atom is 0.0549 e. The van der Waals surface area contributed by atoms with E-state index < -0.39 is 0 Å². The Balaban J connectivity index is 2.50. The molecule has 0 bridgehead atoms. The summed E-state index contributed by atoms with van der Waals surface area (Å²) in [5.74, 6) is 0. The van der Waals surface area contributed by atoms with Crippen molar-refractivity contribution < 1.29 is 0 Å². The van der Waals surface area contributed by atoms with Crippen LogP contribution in [0.1, 0.15) is 31.2 Å². The van der Waals surface area contributed by atoms with Crippen LogP contribution in [0.15, 0.2) is 30.3 Å². The van der Waals surface area contributed by atoms with Gasteiger partial charge in [0.15, 0.2) is 0 Å². The van der Waals surface area contributed by atoms with Gasteiger partial charge in [-0.3, -0.25) is 4.98 Å². The molecule has 1 heterocycles. The van der Waals surface area contributed by atoms with Gasteiger partial charge in [-0.2, -0.15) is 0 Å². The number of rotatable bonds is 4. The van der Waals surface area contributed by atoms with E-state index >= 15 is 0 Å². The molecule has 0 aliphatic carbocycles. The second-order valence-electron chi connectivity index (χ2n) is 4.09. The Hall–Kier alpha value is -1.41. The Morgan fingerprint density at radius 3 is 2.81 bits per heavy atom. The van der Waals surface area contributed by atoms with Gasteiger partial charge in [0.05, 0.1) is 5.69 Å². The van der Waals surface area contributed by atoms with Crippen LogP contribution in [-0.2, 0) is 13.0 Å². The minimum atomic E-state index is 0.518. The van der Waals surface area contributed by atoms with Crippen LogP contribution in [0.2, 0.25) is 0 Å². The van der Waals surface area contributed by atoms with Gasteiger partial charge in [-0.05, 0) is 24.3 Å². The minimum Gasteiger partial charge on any atom is -0.325 e. The third-order valence-electron chi connectivity index (χ3n) is 2.85. The van der Waals surface area contributed by atoms with Gasteiger partial charge in [0.1, 0.15) is 0 Å². The maximum absolute atomic E-state index is 5.68. The third-order valence-corrected chi connectivity index (χ3v) is 2.85. The van der Waals surface area contributed by atoms with Crippen LogP contribution >= 0.6 is 0 Å². The summed E-state index contributed by atoms with van der Waals surface area (Å²) < 4.78 is 0. The highest BCUT2D eigenvalue weighted by atomic mass is 14.7. The summed E-state index contributed by atoms with van der Waals surface area (Å²) in [6.45, 7) is 2.72. The van der Waals surface area contributed by atoms with E-state index in [9.17, 15) is 0 Å². The van der Waals surface area contributed by atoms with E-state index in [1.165, 1.54) is 29.3 Å². The van der Waals surface area contributed by atoms with Crippen molar-refractivity contribution in [1.82, 2.24) is 4.98 Å². The second-order valence-corrected chi connectivity index (χ2v) is 4.09. The summed E-state index contributed by atoms with van der Waals surface area (Å²) in [5.41, 5.74) is 7.86. The molecule has 0 fully saturated rings. The lowest BCUT2D eigenvalue weighted by molar-refractivity contribution is 0.775. The first-order valence-corrected chi connectivity index (χ1v) is 5.92. The number of aryl methyl sites for hydroxylation is 1. The van der Waals surface area contributed by atoms with Crippen molar-refractivity contribution in [3.05, 3.63) is 41.7 Å². The molecule has 2 aromatic rings. The van der Waals surface area contributed by atoms with E-state index in [4.69, 9.17) is 5.73 Å². The Morgan fingerprint density at radius 2 is 2.06 bits per heavy atom. The molecular formula is C14H18N2. The van der Waals surface area contributed by atoms with Gasteiger partial charge < -0.3 is 5.73 Å². The van der Waals surface area contributed by atoms with Crippen LogP contribution in [-0.4, -0.2) is 4.98 Å². The molecule has 0 spiro atoms. The molecule has 1 aromatic carbocycles. The number of fused-ring (bicyclic) bond motifs is 1. The largest absolute Gasteiger partial charge is 0.325 e. The summed E-state index contributed by atoms with van der Waals surface area (Å²) in [7, 11) is 0. The fourth-order valence-electron chi connectivity index (χ4n) is 1.97. The summed E-state index contributed by atoms with van der Waals surface area (Å²) in [4.78, 5) is 4.63. The zero-order valence-corrected chi connectivity index (χ0v) is 9.74. The van der Waals surface area contributed by atoms with Crippen LogP contribution in [0.3, 0.4) is 0 Å². The molecule has 2 nitrogen and oxygen atoms in total. The second kappa shape index (κ2) is 5.08. The highest BCUT2D eigenvalue weighted by Crippen LogP contribution is 2.19. The Labute approximate surface area is 96.5 Å². The van der Waals surface area contributed by atoms with Crippen molar-refractivity contribution in [3.63, 3.8) is 0 Å². The molecule has 2 rings (SSSR count). The van der Waals surface area contributed by atoms with Crippen molar-refractivity contribution in [1.29, 1.82) is 0 Å². The first-order valence-electron chi connectivity index (χ1n) is 5.92. The lowest BCUT2D eigenvalue weighted by atomic mass is 10.0. The Kier molecular flexibility index (Phi) is 3.52. The smallest absolute Gasteiger partial charge is 0.0549 e. The first-order chi connectivity index (χ1) is 7.85. The minimum absolute atomic E-state index is 0.518. The summed E-state index contributed by atoms with van der Waals surface area (Å²) in [5, 5.41) is 2.53. The molecule has 2 heteroatoms. The fraction of sp³-hybridized carbons (Fsp3) is 0.357. The average molecular weight is 214 g/mol. The van der Waals surface area contributed by atoms with Crippen LogP contribution in [0, 0.1) is 0 Å². The molecule has 0 radical (unpaired) electrons. The summed E-state index contributed by atoms with van der Waals surface area (Å²) in [6.07, 6.45) is 3.43. The zero-order valence-electron chi connectivity index (χ0n) is 9.74. The number of nitrogens with two attached hydrogens (primary N) is 1. The van der Waals surface area contributed by atoms with E-state index in [0.29, 0.717) is 6.54 Å². The molecule has 1 aromatic heterocycles. The van der Waals surface area contributed by atoms with Crippen LogP contribution < -0.4 is 5.73 Å².